The van der Waals surface area contributed by atoms with Gasteiger partial charge in [0.25, 0.3) is 5.91 Å². The van der Waals surface area contributed by atoms with Gasteiger partial charge in [-0.05, 0) is 6.07 Å². The third-order valence-corrected chi connectivity index (χ3v) is 3.91. The third-order valence-electron chi connectivity index (χ3n) is 3.91. The number of benzene rings is 1. The van der Waals surface area contributed by atoms with Crippen molar-refractivity contribution >= 4 is 5.91 Å². The molecule has 1 aliphatic heterocycles. The number of para-hydroxylation sites is 1. The fourth-order valence-electron chi connectivity index (χ4n) is 2.55. The van der Waals surface area contributed by atoms with E-state index in [1.165, 1.54) is 11.0 Å². The van der Waals surface area contributed by atoms with E-state index in [9.17, 15) is 14.3 Å². The normalized spacial score (nSPS) is 15.4. The molecule has 1 fully saturated rings. The monoisotopic (exact) mass is 319 g/mol. The van der Waals surface area contributed by atoms with E-state index in [1.54, 1.807) is 37.1 Å². The summed E-state index contributed by atoms with van der Waals surface area (Å²) in [4.78, 5) is 15.3. The van der Waals surface area contributed by atoms with Gasteiger partial charge in [0.1, 0.15) is 0 Å². The second-order valence-corrected chi connectivity index (χ2v) is 5.88. The molecule has 0 unspecified atom stereocenters. The van der Waals surface area contributed by atoms with E-state index >= 15 is 0 Å². The Bertz CT molecular complexity index is 724. The molecule has 0 spiro atoms. The van der Waals surface area contributed by atoms with Crippen molar-refractivity contribution in [2.24, 2.45) is 0 Å². The number of hydrogen-bond acceptors (Lipinski definition) is 5. The highest BCUT2D eigenvalue weighted by Gasteiger charge is 2.30. The van der Waals surface area contributed by atoms with Crippen LogP contribution in [0.25, 0.3) is 0 Å². The van der Waals surface area contributed by atoms with Crippen molar-refractivity contribution in [3.63, 3.8) is 0 Å². The Morgan fingerprint density at radius 2 is 2.17 bits per heavy atom. The molecule has 0 saturated carbocycles. The lowest BCUT2D eigenvalue weighted by Gasteiger charge is -2.38. The minimum Gasteiger partial charge on any atom is -0.505 e. The number of amides is 1. The van der Waals surface area contributed by atoms with Crippen molar-refractivity contribution in [3.8, 4) is 5.75 Å². The highest BCUT2D eigenvalue weighted by Crippen LogP contribution is 2.27. The van der Waals surface area contributed by atoms with Crippen LogP contribution in [0.2, 0.25) is 0 Å². The van der Waals surface area contributed by atoms with Gasteiger partial charge >= 0.3 is 0 Å². The fourth-order valence-corrected chi connectivity index (χ4v) is 2.55. The van der Waals surface area contributed by atoms with Gasteiger partial charge in [-0.3, -0.25) is 9.69 Å². The number of nitrogens with zero attached hydrogens (tertiary/aromatic N) is 5. The molecule has 122 valence electrons. The zero-order valence-electron chi connectivity index (χ0n) is 13.0. The first-order chi connectivity index (χ1) is 11.0. The standard InChI is InChI=1S/C15H18FN5O2/c1-19(2)15(23)13-9-21(18-17-13)11-7-20(8-11)6-10-4-3-5-12(16)14(10)22/h3-5,9,11,22H,6-8H2,1-2H3. The van der Waals surface area contributed by atoms with E-state index in [2.05, 4.69) is 15.2 Å². The molecule has 0 atom stereocenters. The molecule has 7 nitrogen and oxygen atoms in total. The van der Waals surface area contributed by atoms with Crippen LogP contribution in [-0.2, 0) is 6.54 Å². The van der Waals surface area contributed by atoms with E-state index in [0.29, 0.717) is 30.9 Å². The van der Waals surface area contributed by atoms with Crippen LogP contribution < -0.4 is 0 Å². The van der Waals surface area contributed by atoms with Crippen LogP contribution in [0.5, 0.6) is 5.75 Å². The molecule has 2 heterocycles. The van der Waals surface area contributed by atoms with Crippen LogP contribution in [0.4, 0.5) is 4.39 Å². The van der Waals surface area contributed by atoms with Gasteiger partial charge in [-0.25, -0.2) is 9.07 Å². The maximum Gasteiger partial charge on any atom is 0.275 e. The number of likely N-dealkylation sites (tertiary alicyclic amines) is 1. The number of aromatic nitrogens is 3. The maximum atomic E-state index is 13.3. The molecule has 0 radical (unpaired) electrons. The molecule has 1 aliphatic rings. The summed E-state index contributed by atoms with van der Waals surface area (Å²) in [6.45, 7) is 1.88. The number of halogens is 1. The molecule has 3 rings (SSSR count). The zero-order valence-corrected chi connectivity index (χ0v) is 13.0. The van der Waals surface area contributed by atoms with Gasteiger partial charge in [0.2, 0.25) is 0 Å². The van der Waals surface area contributed by atoms with Gasteiger partial charge in [0.15, 0.2) is 17.3 Å². The van der Waals surface area contributed by atoms with Gasteiger partial charge in [-0.2, -0.15) is 0 Å². The Morgan fingerprint density at radius 1 is 1.43 bits per heavy atom. The van der Waals surface area contributed by atoms with Crippen LogP contribution >= 0.6 is 0 Å². The maximum absolute atomic E-state index is 13.3. The minimum absolute atomic E-state index is 0.127. The highest BCUT2D eigenvalue weighted by molar-refractivity contribution is 5.91. The van der Waals surface area contributed by atoms with Crippen molar-refractivity contribution in [2.75, 3.05) is 27.2 Å². The first-order valence-electron chi connectivity index (χ1n) is 7.28. The van der Waals surface area contributed by atoms with Crippen LogP contribution in [0.15, 0.2) is 24.4 Å². The highest BCUT2D eigenvalue weighted by atomic mass is 19.1. The Hall–Kier alpha value is -2.48. The number of carbonyl (C=O) groups excluding carboxylic acids is 1. The summed E-state index contributed by atoms with van der Waals surface area (Å²) in [5.74, 6) is -1.09. The molecule has 2 aromatic rings. The molecule has 1 saturated heterocycles. The van der Waals surface area contributed by atoms with Crippen molar-refractivity contribution in [1.82, 2.24) is 24.8 Å². The van der Waals surface area contributed by atoms with E-state index in [0.717, 1.165) is 0 Å². The number of phenolic OH excluding ortho intramolecular Hbond substituents is 1. The van der Waals surface area contributed by atoms with Gasteiger partial charge in [0.05, 0.1) is 12.2 Å². The largest absolute Gasteiger partial charge is 0.505 e. The summed E-state index contributed by atoms with van der Waals surface area (Å²) in [6.07, 6.45) is 1.64. The molecule has 1 N–H and O–H groups in total. The van der Waals surface area contributed by atoms with Gasteiger partial charge in [-0.1, -0.05) is 17.3 Å². The first kappa shape index (κ1) is 15.4. The predicted molar refractivity (Wildman–Crippen MR) is 80.4 cm³/mol. The molecular weight excluding hydrogens is 301 g/mol. The number of aromatic hydroxyl groups is 1. The lowest BCUT2D eigenvalue weighted by Crippen LogP contribution is -2.47. The number of rotatable bonds is 4. The number of phenols is 1. The van der Waals surface area contributed by atoms with Gasteiger partial charge in [0, 0.05) is 39.3 Å². The van der Waals surface area contributed by atoms with Crippen LogP contribution in [-0.4, -0.2) is 63.0 Å². The third kappa shape index (κ3) is 3.02. The molecule has 0 aliphatic carbocycles. The quantitative estimate of drug-likeness (QED) is 0.905. The zero-order chi connectivity index (χ0) is 16.6. The summed E-state index contributed by atoms with van der Waals surface area (Å²) < 4.78 is 15.0. The van der Waals surface area contributed by atoms with Crippen molar-refractivity contribution < 1.29 is 14.3 Å². The number of carbonyl (C=O) groups is 1. The second kappa shape index (κ2) is 5.96. The van der Waals surface area contributed by atoms with Crippen LogP contribution in [0.3, 0.4) is 0 Å². The fraction of sp³-hybridized carbons (Fsp3) is 0.400. The smallest absolute Gasteiger partial charge is 0.275 e. The van der Waals surface area contributed by atoms with Crippen LogP contribution in [0.1, 0.15) is 22.1 Å². The summed E-state index contributed by atoms with van der Waals surface area (Å²) in [7, 11) is 3.33. The Kier molecular flexibility index (Phi) is 3.99. The SMILES string of the molecule is CN(C)C(=O)c1cn(C2CN(Cc3cccc(F)c3O)C2)nn1. The average Bonchev–Trinajstić information content (AvgIpc) is 2.94. The van der Waals surface area contributed by atoms with E-state index in [-0.39, 0.29) is 17.7 Å². The van der Waals surface area contributed by atoms with Gasteiger partial charge in [-0.15, -0.1) is 5.10 Å². The lowest BCUT2D eigenvalue weighted by molar-refractivity contribution is 0.0820. The Balaban J connectivity index is 1.59. The molecule has 0 bridgehead atoms. The molecule has 1 aromatic heterocycles. The Morgan fingerprint density at radius 3 is 2.87 bits per heavy atom. The first-order valence-corrected chi connectivity index (χ1v) is 7.28. The molecule has 1 aromatic carbocycles. The van der Waals surface area contributed by atoms with Crippen LogP contribution in [0, 0.1) is 5.82 Å². The summed E-state index contributed by atoms with van der Waals surface area (Å²) in [5, 5.41) is 17.6. The summed E-state index contributed by atoms with van der Waals surface area (Å²) in [5.41, 5.74) is 0.877. The lowest BCUT2D eigenvalue weighted by atomic mass is 10.1. The van der Waals surface area contributed by atoms with E-state index in [4.69, 9.17) is 0 Å². The van der Waals surface area contributed by atoms with E-state index < -0.39 is 5.82 Å². The molecule has 8 heteroatoms. The van der Waals surface area contributed by atoms with Crippen molar-refractivity contribution in [2.45, 2.75) is 12.6 Å². The Labute approximate surface area is 132 Å². The predicted octanol–water partition coefficient (Wildman–Crippen LogP) is 0.881. The molecule has 23 heavy (non-hydrogen) atoms. The van der Waals surface area contributed by atoms with Gasteiger partial charge < -0.3 is 10.0 Å². The minimum atomic E-state index is -0.609. The molecular formula is C15H18FN5O2. The van der Waals surface area contributed by atoms with E-state index in [1.807, 2.05) is 0 Å². The average molecular weight is 319 g/mol. The second-order valence-electron chi connectivity index (χ2n) is 5.88. The summed E-state index contributed by atoms with van der Waals surface area (Å²) in [6, 6.07) is 4.64. The molecule has 1 amide bonds. The summed E-state index contributed by atoms with van der Waals surface area (Å²) >= 11 is 0. The van der Waals surface area contributed by atoms with Crippen molar-refractivity contribution in [1.29, 1.82) is 0 Å². The number of hydrogen-bond donors (Lipinski definition) is 1. The topological polar surface area (TPSA) is 74.5 Å². The van der Waals surface area contributed by atoms with Crippen molar-refractivity contribution in [3.05, 3.63) is 41.5 Å².